The molecule has 3 aromatic carbocycles. The molecule has 0 bridgehead atoms. The highest BCUT2D eigenvalue weighted by molar-refractivity contribution is 5.57. The highest BCUT2D eigenvalue weighted by Gasteiger charge is 2.22. The Bertz CT molecular complexity index is 773. The maximum atomic E-state index is 11.5. The lowest BCUT2D eigenvalue weighted by Crippen LogP contribution is -2.03. The molecule has 0 saturated heterocycles. The van der Waals surface area contributed by atoms with E-state index in [1.807, 2.05) is 60.7 Å². The molecule has 0 amide bonds. The number of hydrogen-bond acceptors (Lipinski definition) is 4. The van der Waals surface area contributed by atoms with Gasteiger partial charge in [0.1, 0.15) is 13.2 Å². The number of nitro groups is 1. The molecule has 0 atom stereocenters. The lowest BCUT2D eigenvalue weighted by atomic mass is 10.2. The molecule has 3 aromatic rings. The minimum absolute atomic E-state index is 0.158. The number of hydrogen-bond donors (Lipinski definition) is 0. The molecule has 25 heavy (non-hydrogen) atoms. The Morgan fingerprint density at radius 1 is 0.680 bits per heavy atom. The average Bonchev–Trinajstić information content (AvgIpc) is 2.66. The summed E-state index contributed by atoms with van der Waals surface area (Å²) in [6.07, 6.45) is 0. The molecule has 0 aromatic heterocycles. The summed E-state index contributed by atoms with van der Waals surface area (Å²) in [5.41, 5.74) is 1.72. The normalized spacial score (nSPS) is 10.2. The molecule has 0 fully saturated rings. The third-order valence-corrected chi connectivity index (χ3v) is 3.62. The summed E-state index contributed by atoms with van der Waals surface area (Å²) in [6.45, 7) is 0.508. The van der Waals surface area contributed by atoms with Gasteiger partial charge in [0, 0.05) is 0 Å². The Morgan fingerprint density at radius 3 is 1.52 bits per heavy atom. The van der Waals surface area contributed by atoms with E-state index in [9.17, 15) is 10.1 Å². The van der Waals surface area contributed by atoms with E-state index in [-0.39, 0.29) is 30.4 Å². The molecule has 5 heteroatoms. The van der Waals surface area contributed by atoms with E-state index in [0.29, 0.717) is 0 Å². The van der Waals surface area contributed by atoms with Crippen LogP contribution >= 0.6 is 0 Å². The molecule has 0 N–H and O–H groups in total. The van der Waals surface area contributed by atoms with Crippen molar-refractivity contribution in [3.63, 3.8) is 0 Å². The van der Waals surface area contributed by atoms with Gasteiger partial charge in [-0.2, -0.15) is 0 Å². The van der Waals surface area contributed by atoms with Crippen molar-refractivity contribution in [1.29, 1.82) is 0 Å². The van der Waals surface area contributed by atoms with E-state index >= 15 is 0 Å². The van der Waals surface area contributed by atoms with Gasteiger partial charge in [-0.25, -0.2) is 0 Å². The van der Waals surface area contributed by atoms with Crippen LogP contribution in [0.1, 0.15) is 11.1 Å². The van der Waals surface area contributed by atoms with Crippen LogP contribution in [-0.4, -0.2) is 4.92 Å². The number of para-hydroxylation sites is 1. The second kappa shape index (κ2) is 7.97. The van der Waals surface area contributed by atoms with Crippen LogP contribution in [0.3, 0.4) is 0 Å². The van der Waals surface area contributed by atoms with Gasteiger partial charge in [0.05, 0.1) is 4.92 Å². The van der Waals surface area contributed by atoms with Gasteiger partial charge in [-0.1, -0.05) is 66.7 Å². The van der Waals surface area contributed by atoms with Crippen LogP contribution in [0.5, 0.6) is 11.5 Å². The lowest BCUT2D eigenvalue weighted by molar-refractivity contribution is -0.387. The number of nitro benzene ring substituents is 1. The summed E-state index contributed by atoms with van der Waals surface area (Å²) in [5.74, 6) is 0.388. The Hall–Kier alpha value is -3.34. The van der Waals surface area contributed by atoms with E-state index in [1.54, 1.807) is 18.2 Å². The molecule has 0 unspecified atom stereocenters. The Labute approximate surface area is 145 Å². The zero-order valence-corrected chi connectivity index (χ0v) is 13.5. The predicted octanol–water partition coefficient (Wildman–Crippen LogP) is 4.75. The fraction of sp³-hybridized carbons (Fsp3) is 0.100. The average molecular weight is 335 g/mol. The third-order valence-electron chi connectivity index (χ3n) is 3.62. The van der Waals surface area contributed by atoms with Crippen molar-refractivity contribution in [2.24, 2.45) is 0 Å². The van der Waals surface area contributed by atoms with E-state index in [4.69, 9.17) is 9.47 Å². The highest BCUT2D eigenvalue weighted by Crippen LogP contribution is 2.37. The van der Waals surface area contributed by atoms with Crippen molar-refractivity contribution in [3.8, 4) is 11.5 Å². The van der Waals surface area contributed by atoms with E-state index < -0.39 is 4.92 Å². The maximum Gasteiger partial charge on any atom is 0.352 e. The molecule has 0 radical (unpaired) electrons. The van der Waals surface area contributed by atoms with E-state index in [0.717, 1.165) is 11.1 Å². The lowest BCUT2D eigenvalue weighted by Gasteiger charge is -2.11. The predicted molar refractivity (Wildman–Crippen MR) is 94.6 cm³/mol. The zero-order chi connectivity index (χ0) is 17.5. The SMILES string of the molecule is O=[N+]([O-])c1c(OCc2ccccc2)cccc1OCc1ccccc1. The molecule has 0 aliphatic rings. The fourth-order valence-electron chi connectivity index (χ4n) is 2.39. The van der Waals surface area contributed by atoms with Gasteiger partial charge in [-0.3, -0.25) is 10.1 Å². The molecule has 0 aliphatic heterocycles. The molecule has 0 spiro atoms. The molecule has 126 valence electrons. The van der Waals surface area contributed by atoms with Gasteiger partial charge < -0.3 is 9.47 Å². The quantitative estimate of drug-likeness (QED) is 0.461. The van der Waals surface area contributed by atoms with Crippen LogP contribution in [0.15, 0.2) is 78.9 Å². The summed E-state index contributed by atoms with van der Waals surface area (Å²) < 4.78 is 11.3. The Morgan fingerprint density at radius 2 is 1.12 bits per heavy atom. The molecular formula is C20H17NO4. The second-order valence-corrected chi connectivity index (χ2v) is 5.41. The van der Waals surface area contributed by atoms with Crippen molar-refractivity contribution < 1.29 is 14.4 Å². The van der Waals surface area contributed by atoms with Crippen molar-refractivity contribution in [2.45, 2.75) is 13.2 Å². The van der Waals surface area contributed by atoms with Crippen molar-refractivity contribution in [3.05, 3.63) is 100 Å². The van der Waals surface area contributed by atoms with Gasteiger partial charge in [0.15, 0.2) is 0 Å². The maximum absolute atomic E-state index is 11.5. The van der Waals surface area contributed by atoms with Crippen molar-refractivity contribution in [1.82, 2.24) is 0 Å². The minimum Gasteiger partial charge on any atom is -0.482 e. The van der Waals surface area contributed by atoms with Crippen LogP contribution in [0.25, 0.3) is 0 Å². The van der Waals surface area contributed by atoms with E-state index in [2.05, 4.69) is 0 Å². The van der Waals surface area contributed by atoms with Gasteiger partial charge in [-0.05, 0) is 23.3 Å². The van der Waals surface area contributed by atoms with Crippen LogP contribution in [-0.2, 0) is 13.2 Å². The van der Waals surface area contributed by atoms with Crippen molar-refractivity contribution in [2.75, 3.05) is 0 Å². The van der Waals surface area contributed by atoms with Crippen molar-refractivity contribution >= 4 is 5.69 Å². The summed E-state index contributed by atoms with van der Waals surface area (Å²) >= 11 is 0. The van der Waals surface area contributed by atoms with E-state index in [1.165, 1.54) is 0 Å². The monoisotopic (exact) mass is 335 g/mol. The van der Waals surface area contributed by atoms with Crippen LogP contribution < -0.4 is 9.47 Å². The second-order valence-electron chi connectivity index (χ2n) is 5.41. The first kappa shape index (κ1) is 16.5. The van der Waals surface area contributed by atoms with Crippen LogP contribution in [0.2, 0.25) is 0 Å². The van der Waals surface area contributed by atoms with Gasteiger partial charge in [0.2, 0.25) is 11.5 Å². The topological polar surface area (TPSA) is 61.6 Å². The van der Waals surface area contributed by atoms with Crippen LogP contribution in [0, 0.1) is 10.1 Å². The Balaban J connectivity index is 1.78. The Kier molecular flexibility index (Phi) is 5.26. The summed E-state index contributed by atoms with van der Waals surface area (Å²) in [6, 6.07) is 23.9. The third kappa shape index (κ3) is 4.35. The zero-order valence-electron chi connectivity index (χ0n) is 13.5. The smallest absolute Gasteiger partial charge is 0.352 e. The number of benzene rings is 3. The first-order chi connectivity index (χ1) is 12.2. The molecular weight excluding hydrogens is 318 g/mol. The van der Waals surface area contributed by atoms with Crippen LogP contribution in [0.4, 0.5) is 5.69 Å². The number of ether oxygens (including phenoxy) is 2. The number of rotatable bonds is 7. The largest absolute Gasteiger partial charge is 0.482 e. The fourth-order valence-corrected chi connectivity index (χ4v) is 2.39. The molecule has 0 aliphatic carbocycles. The first-order valence-corrected chi connectivity index (χ1v) is 7.85. The molecule has 0 saturated carbocycles. The van der Waals surface area contributed by atoms with Gasteiger partial charge in [-0.15, -0.1) is 0 Å². The first-order valence-electron chi connectivity index (χ1n) is 7.85. The molecule has 0 heterocycles. The molecule has 5 nitrogen and oxygen atoms in total. The highest BCUT2D eigenvalue weighted by atomic mass is 16.6. The van der Waals surface area contributed by atoms with Gasteiger partial charge >= 0.3 is 5.69 Å². The van der Waals surface area contributed by atoms with Gasteiger partial charge in [0.25, 0.3) is 0 Å². The minimum atomic E-state index is -0.472. The standard InChI is InChI=1S/C20H17NO4/c22-21(23)20-18(24-14-16-8-3-1-4-9-16)12-7-13-19(20)25-15-17-10-5-2-6-11-17/h1-13H,14-15H2. The number of nitrogens with zero attached hydrogens (tertiary/aromatic N) is 1. The summed E-state index contributed by atoms with van der Waals surface area (Å²) in [7, 11) is 0. The summed E-state index contributed by atoms with van der Waals surface area (Å²) in [5, 5.41) is 11.5. The summed E-state index contributed by atoms with van der Waals surface area (Å²) in [4.78, 5) is 11.0. The molecule has 3 rings (SSSR count).